The molecule has 0 unspecified atom stereocenters. The minimum atomic E-state index is -0.375. The molecule has 0 spiro atoms. The van der Waals surface area contributed by atoms with Gasteiger partial charge < -0.3 is 4.90 Å². The maximum Gasteiger partial charge on any atom is 0.0638 e. The normalized spacial score (nSPS) is 13.3. The van der Waals surface area contributed by atoms with Crippen molar-refractivity contribution >= 4 is 70.1 Å². The van der Waals surface area contributed by atoms with Crippen molar-refractivity contribution in [3.8, 4) is 33.4 Å². The molecule has 52 heavy (non-hydrogen) atoms. The first-order chi connectivity index (χ1) is 28.7. The number of thiophene rings is 1. The third-order valence-corrected chi connectivity index (χ3v) is 10.8. The van der Waals surface area contributed by atoms with E-state index in [1.165, 1.54) is 21.5 Å². The monoisotopic (exact) mass is 686 g/mol. The van der Waals surface area contributed by atoms with Crippen LogP contribution in [0.4, 0.5) is 17.1 Å². The largest absolute Gasteiger partial charge is 0.310 e. The number of hydrogen-bond donors (Lipinski definition) is 0. The van der Waals surface area contributed by atoms with Gasteiger partial charge in [0.15, 0.2) is 0 Å². The molecule has 0 saturated carbocycles. The van der Waals surface area contributed by atoms with E-state index in [0.29, 0.717) is 25.9 Å². The van der Waals surface area contributed by atoms with Gasteiger partial charge in [-0.05, 0) is 103 Å². The second kappa shape index (κ2) is 12.7. The lowest BCUT2D eigenvalue weighted by atomic mass is 9.97. The van der Waals surface area contributed by atoms with Crippen LogP contribution in [0.25, 0.3) is 75.1 Å². The van der Waals surface area contributed by atoms with Crippen LogP contribution in [0.1, 0.15) is 9.60 Å². The fourth-order valence-corrected chi connectivity index (χ4v) is 8.33. The number of fused-ring (bicyclic) bond motifs is 5. The minimum absolute atomic E-state index is 0.165. The van der Waals surface area contributed by atoms with E-state index in [-0.39, 0.29) is 47.7 Å². The molecule has 9 aromatic carbocycles. The van der Waals surface area contributed by atoms with Crippen LogP contribution in [0.3, 0.4) is 0 Å². The summed E-state index contributed by atoms with van der Waals surface area (Å²) in [6.45, 7) is 0. The Labute approximate surface area is 317 Å². The Balaban J connectivity index is 1.16. The molecular formula is C50H33NS. The van der Waals surface area contributed by atoms with Gasteiger partial charge in [-0.15, -0.1) is 11.3 Å². The van der Waals surface area contributed by atoms with Crippen molar-refractivity contribution in [3.63, 3.8) is 0 Å². The minimum Gasteiger partial charge on any atom is -0.310 e. The summed E-state index contributed by atoms with van der Waals surface area (Å²) in [6.07, 6.45) is 0. The van der Waals surface area contributed by atoms with Gasteiger partial charge in [-0.25, -0.2) is 0 Å². The van der Waals surface area contributed by atoms with E-state index >= 15 is 0 Å². The summed E-state index contributed by atoms with van der Waals surface area (Å²) < 4.78 is 61.9. The Morgan fingerprint density at radius 1 is 0.385 bits per heavy atom. The number of hydrogen-bond acceptors (Lipinski definition) is 2. The van der Waals surface area contributed by atoms with E-state index < -0.39 is 0 Å². The average molecular weight is 687 g/mol. The van der Waals surface area contributed by atoms with Gasteiger partial charge in [-0.1, -0.05) is 152 Å². The van der Waals surface area contributed by atoms with Crippen LogP contribution in [0, 0.1) is 0 Å². The van der Waals surface area contributed by atoms with Gasteiger partial charge in [0, 0.05) is 37.2 Å². The zero-order chi connectivity index (χ0) is 40.5. The van der Waals surface area contributed by atoms with Gasteiger partial charge in [0.1, 0.15) is 0 Å². The number of rotatable bonds is 6. The predicted octanol–water partition coefficient (Wildman–Crippen LogP) is 14.8. The van der Waals surface area contributed by atoms with E-state index in [1.54, 1.807) is 0 Å². The highest BCUT2D eigenvalue weighted by atomic mass is 32.1. The molecule has 0 radical (unpaired) electrons. The highest BCUT2D eigenvalue weighted by molar-refractivity contribution is 7.25. The SMILES string of the molecule is [2H]c1c([2H])c([2H])c2c(sc3c([2H])c([2H])c([2H])c(-c4cccc(N(c5ccc(-c6cccc7ccccc67)cc5)c5ccc(-c6cccc7ccccc67)cc5)c4)c32)c1[2H]. The molecule has 1 nitrogen and oxygen atoms in total. The summed E-state index contributed by atoms with van der Waals surface area (Å²) in [5.74, 6) is 0. The third kappa shape index (κ3) is 5.24. The molecule has 10 aromatic rings. The Kier molecular flexibility index (Phi) is 5.82. The molecule has 0 saturated heterocycles. The van der Waals surface area contributed by atoms with Crippen molar-refractivity contribution in [2.45, 2.75) is 0 Å². The second-order valence-electron chi connectivity index (χ2n) is 12.8. The topological polar surface area (TPSA) is 3.24 Å². The summed E-state index contributed by atoms with van der Waals surface area (Å²) in [7, 11) is 0. The third-order valence-electron chi connectivity index (χ3n) is 9.79. The number of benzene rings is 9. The fourth-order valence-electron chi connectivity index (χ4n) is 7.36. The van der Waals surface area contributed by atoms with Gasteiger partial charge in [-0.3, -0.25) is 0 Å². The summed E-state index contributed by atoms with van der Waals surface area (Å²) in [5, 5.41) is 5.35. The van der Waals surface area contributed by atoms with Crippen LogP contribution in [0.15, 0.2) is 200 Å². The summed E-state index contributed by atoms with van der Waals surface area (Å²) in [5.41, 5.74) is 7.99. The quantitative estimate of drug-likeness (QED) is 0.168. The maximum atomic E-state index is 9.21. The fraction of sp³-hybridized carbons (Fsp3) is 0. The molecule has 2 heteroatoms. The van der Waals surface area contributed by atoms with Crippen molar-refractivity contribution in [3.05, 3.63) is 200 Å². The first-order valence-electron chi connectivity index (χ1n) is 20.7. The van der Waals surface area contributed by atoms with Crippen molar-refractivity contribution in [1.29, 1.82) is 0 Å². The lowest BCUT2D eigenvalue weighted by Gasteiger charge is -2.26. The Hall–Kier alpha value is -6.48. The zero-order valence-electron chi connectivity index (χ0n) is 34.9. The Bertz CT molecular complexity index is 3170. The van der Waals surface area contributed by atoms with Crippen molar-refractivity contribution in [2.75, 3.05) is 4.90 Å². The zero-order valence-corrected chi connectivity index (χ0v) is 28.7. The summed E-state index contributed by atoms with van der Waals surface area (Å²) in [6, 6.07) is 52.4. The van der Waals surface area contributed by atoms with Gasteiger partial charge in [0.25, 0.3) is 0 Å². The average Bonchev–Trinajstić information content (AvgIpc) is 3.68. The number of anilines is 3. The van der Waals surface area contributed by atoms with E-state index in [0.717, 1.165) is 50.7 Å². The van der Waals surface area contributed by atoms with Gasteiger partial charge in [0.2, 0.25) is 0 Å². The summed E-state index contributed by atoms with van der Waals surface area (Å²) in [4.78, 5) is 2.16. The van der Waals surface area contributed by atoms with Crippen molar-refractivity contribution in [2.24, 2.45) is 0 Å². The van der Waals surface area contributed by atoms with Crippen LogP contribution in [-0.2, 0) is 0 Å². The lowest BCUT2D eigenvalue weighted by molar-refractivity contribution is 1.28. The molecule has 0 aliphatic heterocycles. The van der Waals surface area contributed by atoms with Crippen LogP contribution < -0.4 is 4.90 Å². The standard InChI is InChI=1S/C50H33NS/c1-3-17-42-34(11-1)13-8-20-44(42)36-25-29-39(30-26-36)51(40-31-27-37(28-32-40)45-21-9-14-35-12-2-4-18-43(35)45)41-16-7-15-38(33-41)46-22-10-24-49-50(46)47-19-5-6-23-48(47)52-49/h1-33H/i5D,6D,10D,19D,22D,23D,24D. The van der Waals surface area contributed by atoms with E-state index in [4.69, 9.17) is 8.22 Å². The highest BCUT2D eigenvalue weighted by Crippen LogP contribution is 2.43. The molecular weight excluding hydrogens is 647 g/mol. The molecule has 0 aliphatic rings. The molecule has 10 rings (SSSR count). The van der Waals surface area contributed by atoms with Gasteiger partial charge in [0.05, 0.1) is 9.60 Å². The van der Waals surface area contributed by atoms with Crippen LogP contribution in [0.5, 0.6) is 0 Å². The molecule has 1 aromatic heterocycles. The van der Waals surface area contributed by atoms with E-state index in [2.05, 4.69) is 126 Å². The smallest absolute Gasteiger partial charge is 0.0638 e. The molecule has 0 N–H and O–H groups in total. The molecule has 0 amide bonds. The van der Waals surface area contributed by atoms with Gasteiger partial charge in [-0.2, -0.15) is 0 Å². The Morgan fingerprint density at radius 2 is 0.942 bits per heavy atom. The first-order valence-corrected chi connectivity index (χ1v) is 18.0. The molecule has 0 bridgehead atoms. The van der Waals surface area contributed by atoms with Crippen LogP contribution in [-0.4, -0.2) is 0 Å². The van der Waals surface area contributed by atoms with E-state index in [1.807, 2.05) is 36.4 Å². The van der Waals surface area contributed by atoms with Crippen molar-refractivity contribution in [1.82, 2.24) is 0 Å². The predicted molar refractivity (Wildman–Crippen MR) is 225 cm³/mol. The number of nitrogens with zero attached hydrogens (tertiary/aromatic N) is 1. The molecule has 244 valence electrons. The lowest BCUT2D eigenvalue weighted by Crippen LogP contribution is -2.10. The molecule has 0 atom stereocenters. The van der Waals surface area contributed by atoms with Crippen LogP contribution >= 0.6 is 11.3 Å². The molecule has 1 heterocycles. The maximum absolute atomic E-state index is 9.21. The van der Waals surface area contributed by atoms with E-state index in [9.17, 15) is 1.37 Å². The highest BCUT2D eigenvalue weighted by Gasteiger charge is 2.17. The second-order valence-corrected chi connectivity index (χ2v) is 13.8. The summed E-state index contributed by atoms with van der Waals surface area (Å²) >= 11 is 1.08. The Morgan fingerprint density at radius 3 is 1.60 bits per heavy atom. The van der Waals surface area contributed by atoms with Gasteiger partial charge >= 0.3 is 0 Å². The van der Waals surface area contributed by atoms with Crippen LogP contribution in [0.2, 0.25) is 0 Å². The first kappa shape index (κ1) is 23.8. The molecule has 0 aliphatic carbocycles. The van der Waals surface area contributed by atoms with Crippen molar-refractivity contribution < 1.29 is 9.60 Å². The molecule has 0 fully saturated rings.